The van der Waals surface area contributed by atoms with Crippen molar-refractivity contribution in [3.05, 3.63) is 54.3 Å². The van der Waals surface area contributed by atoms with Crippen LogP contribution in [-0.2, 0) is 0 Å². The van der Waals surface area contributed by atoms with E-state index in [1.807, 2.05) is 6.07 Å². The quantitative estimate of drug-likeness (QED) is 0.642. The van der Waals surface area contributed by atoms with E-state index in [2.05, 4.69) is 0 Å². The number of hydrogen-bond acceptors (Lipinski definition) is 2. The number of rotatable bonds is 2. The van der Waals surface area contributed by atoms with Crippen LogP contribution in [0, 0.1) is 0 Å². The van der Waals surface area contributed by atoms with E-state index in [1.165, 1.54) is 6.08 Å². The van der Waals surface area contributed by atoms with Crippen LogP contribution in [0.25, 0.3) is 0 Å². The molecule has 1 aliphatic rings. The standard InChI is InChI=1S/C12H12Cl2NO2/c13-15(14,10-6-2-1-3-7-10)11-8-4-5-9-12(11,16)17/h1-8,16-17H,9H2/q+1. The Hall–Kier alpha value is -0.840. The minimum Gasteiger partial charge on any atom is -0.358 e. The first-order valence-corrected chi connectivity index (χ1v) is 5.79. The molecule has 0 amide bonds. The Morgan fingerprint density at radius 2 is 1.76 bits per heavy atom. The lowest BCUT2D eigenvalue weighted by atomic mass is 10.0. The summed E-state index contributed by atoms with van der Waals surface area (Å²) >= 11 is 12.4. The third kappa shape index (κ3) is 2.39. The predicted molar refractivity (Wildman–Crippen MR) is 69.0 cm³/mol. The highest BCUT2D eigenvalue weighted by Crippen LogP contribution is 2.41. The van der Waals surface area contributed by atoms with Crippen LogP contribution in [0.5, 0.6) is 0 Å². The van der Waals surface area contributed by atoms with Crippen LogP contribution in [-0.4, -0.2) is 16.0 Å². The van der Waals surface area contributed by atoms with E-state index in [1.54, 1.807) is 36.4 Å². The van der Waals surface area contributed by atoms with E-state index < -0.39 is 9.31 Å². The first kappa shape index (κ1) is 12.6. The molecule has 1 aromatic rings. The van der Waals surface area contributed by atoms with Crippen LogP contribution < -0.4 is 3.52 Å². The SMILES string of the molecule is OC1(O)CC=CC=C1[N+](Cl)(Cl)c1ccccc1. The third-order valence-corrected chi connectivity index (χ3v) is 3.34. The van der Waals surface area contributed by atoms with E-state index in [-0.39, 0.29) is 12.1 Å². The molecule has 0 fully saturated rings. The number of benzene rings is 1. The van der Waals surface area contributed by atoms with E-state index in [4.69, 9.17) is 23.6 Å². The van der Waals surface area contributed by atoms with Crippen molar-refractivity contribution in [2.45, 2.75) is 12.2 Å². The van der Waals surface area contributed by atoms with E-state index in [9.17, 15) is 10.2 Å². The zero-order valence-electron chi connectivity index (χ0n) is 8.92. The van der Waals surface area contributed by atoms with Crippen molar-refractivity contribution in [3.63, 3.8) is 0 Å². The molecule has 90 valence electrons. The Bertz CT molecular complexity index is 467. The topological polar surface area (TPSA) is 40.5 Å². The van der Waals surface area contributed by atoms with Crippen LogP contribution >= 0.6 is 23.6 Å². The van der Waals surface area contributed by atoms with Gasteiger partial charge in [0.1, 0.15) is 0 Å². The fourth-order valence-corrected chi connectivity index (χ4v) is 2.31. The van der Waals surface area contributed by atoms with Crippen molar-refractivity contribution in [2.24, 2.45) is 0 Å². The summed E-state index contributed by atoms with van der Waals surface area (Å²) in [6.07, 6.45) is 4.91. The van der Waals surface area contributed by atoms with Crippen LogP contribution in [0.2, 0.25) is 0 Å². The zero-order valence-corrected chi connectivity index (χ0v) is 10.4. The van der Waals surface area contributed by atoms with Crippen molar-refractivity contribution in [2.75, 3.05) is 0 Å². The third-order valence-electron chi connectivity index (χ3n) is 2.59. The second-order valence-corrected chi connectivity index (χ2v) is 5.04. The summed E-state index contributed by atoms with van der Waals surface area (Å²) in [4.78, 5) is 0. The van der Waals surface area contributed by atoms with Gasteiger partial charge in [-0.3, -0.25) is 0 Å². The summed E-state index contributed by atoms with van der Waals surface area (Å²) in [6, 6.07) is 8.83. The second-order valence-electron chi connectivity index (χ2n) is 3.85. The first-order valence-electron chi connectivity index (χ1n) is 5.11. The maximum Gasteiger partial charge on any atom is 0.247 e. The molecule has 0 saturated carbocycles. The Morgan fingerprint density at radius 3 is 2.35 bits per heavy atom. The largest absolute Gasteiger partial charge is 0.358 e. The van der Waals surface area contributed by atoms with Gasteiger partial charge in [-0.2, -0.15) is 0 Å². The normalized spacial score (nSPS) is 18.9. The van der Waals surface area contributed by atoms with Gasteiger partial charge in [-0.25, -0.2) is 0 Å². The summed E-state index contributed by atoms with van der Waals surface area (Å²) in [6.45, 7) is 0. The molecule has 0 aliphatic heterocycles. The molecule has 0 bridgehead atoms. The Morgan fingerprint density at radius 1 is 1.12 bits per heavy atom. The van der Waals surface area contributed by atoms with E-state index >= 15 is 0 Å². The number of quaternary nitrogens is 1. The molecule has 0 spiro atoms. The van der Waals surface area contributed by atoms with Crippen LogP contribution in [0.1, 0.15) is 6.42 Å². The fourth-order valence-electron chi connectivity index (χ4n) is 1.70. The highest BCUT2D eigenvalue weighted by molar-refractivity contribution is 6.45. The molecule has 2 N–H and O–H groups in total. The lowest BCUT2D eigenvalue weighted by molar-refractivity contribution is -0.132. The highest BCUT2D eigenvalue weighted by Gasteiger charge is 2.47. The minimum atomic E-state index is -2.03. The molecule has 0 atom stereocenters. The van der Waals surface area contributed by atoms with Crippen molar-refractivity contribution < 1.29 is 10.2 Å². The number of hydrogen-bond donors (Lipinski definition) is 2. The minimum absolute atomic E-state index is 0.0606. The van der Waals surface area contributed by atoms with E-state index in [0.717, 1.165) is 0 Å². The van der Waals surface area contributed by atoms with Crippen LogP contribution in [0.15, 0.2) is 54.3 Å². The lowest BCUT2D eigenvalue weighted by Gasteiger charge is -2.30. The van der Waals surface area contributed by atoms with Crippen molar-refractivity contribution in [1.82, 2.24) is 3.52 Å². The molecule has 2 rings (SSSR count). The highest BCUT2D eigenvalue weighted by atomic mass is 35.5. The molecule has 3 nitrogen and oxygen atoms in total. The monoisotopic (exact) mass is 272 g/mol. The Labute approximate surface area is 110 Å². The average Bonchev–Trinajstić information content (AvgIpc) is 2.29. The Balaban J connectivity index is 2.45. The maximum atomic E-state index is 9.88. The number of aliphatic hydroxyl groups is 2. The van der Waals surface area contributed by atoms with Crippen LogP contribution in [0.3, 0.4) is 0 Å². The molecule has 0 aromatic heterocycles. The maximum absolute atomic E-state index is 9.88. The van der Waals surface area contributed by atoms with Gasteiger partial charge in [-0.05, 0) is 0 Å². The summed E-state index contributed by atoms with van der Waals surface area (Å²) in [7, 11) is 0. The fraction of sp³-hybridized carbons (Fsp3) is 0.167. The average molecular weight is 273 g/mol. The molecule has 0 saturated heterocycles. The molecule has 0 unspecified atom stereocenters. The summed E-state index contributed by atoms with van der Waals surface area (Å²) in [5, 5.41) is 19.8. The predicted octanol–water partition coefficient (Wildman–Crippen LogP) is 2.83. The van der Waals surface area contributed by atoms with Gasteiger partial charge in [0.15, 0.2) is 29.2 Å². The molecule has 1 aliphatic carbocycles. The van der Waals surface area contributed by atoms with Gasteiger partial charge in [0, 0.05) is 24.6 Å². The van der Waals surface area contributed by atoms with Gasteiger partial charge < -0.3 is 10.2 Å². The molecule has 17 heavy (non-hydrogen) atoms. The first-order chi connectivity index (χ1) is 7.94. The van der Waals surface area contributed by atoms with Crippen LogP contribution in [0.4, 0.5) is 5.69 Å². The molecule has 0 heterocycles. The van der Waals surface area contributed by atoms with Gasteiger partial charge in [0.05, 0.1) is 0 Å². The zero-order chi connectivity index (χ0) is 12.5. The van der Waals surface area contributed by atoms with Crippen molar-refractivity contribution >= 4 is 29.2 Å². The van der Waals surface area contributed by atoms with E-state index in [0.29, 0.717) is 5.69 Å². The molecular formula is C12H12Cl2NO2+. The number of nitrogens with zero attached hydrogens (tertiary/aromatic N) is 1. The number of allylic oxidation sites excluding steroid dienone is 2. The molecular weight excluding hydrogens is 261 g/mol. The number of halogens is 2. The summed E-state index contributed by atoms with van der Waals surface area (Å²) < 4.78 is -0.724. The van der Waals surface area contributed by atoms with Gasteiger partial charge in [0.25, 0.3) is 0 Å². The number of para-hydroxylation sites is 1. The summed E-state index contributed by atoms with van der Waals surface area (Å²) in [5.41, 5.74) is 0.652. The van der Waals surface area contributed by atoms with Crippen molar-refractivity contribution in [1.29, 1.82) is 0 Å². The van der Waals surface area contributed by atoms with Gasteiger partial charge in [-0.1, -0.05) is 33.9 Å². The van der Waals surface area contributed by atoms with Gasteiger partial charge in [-0.15, -0.1) is 0 Å². The van der Waals surface area contributed by atoms with Gasteiger partial charge in [0.2, 0.25) is 11.5 Å². The van der Waals surface area contributed by atoms with Gasteiger partial charge >= 0.3 is 0 Å². The lowest BCUT2D eigenvalue weighted by Crippen LogP contribution is -2.44. The summed E-state index contributed by atoms with van der Waals surface area (Å²) in [5.74, 6) is -2.03. The Kier molecular flexibility index (Phi) is 3.30. The second kappa shape index (κ2) is 4.44. The molecule has 1 aromatic carbocycles. The van der Waals surface area contributed by atoms with Crippen molar-refractivity contribution in [3.8, 4) is 0 Å². The molecule has 5 heteroatoms. The molecule has 0 radical (unpaired) electrons. The smallest absolute Gasteiger partial charge is 0.247 e.